The summed E-state index contributed by atoms with van der Waals surface area (Å²) in [5.41, 5.74) is 2.58. The van der Waals surface area contributed by atoms with Crippen LogP contribution < -0.4 is 10.6 Å². The summed E-state index contributed by atoms with van der Waals surface area (Å²) in [5.74, 6) is 0. The molecule has 0 saturated heterocycles. The lowest BCUT2D eigenvalue weighted by Crippen LogP contribution is -2.49. The Bertz CT molecular complexity index is 815. The Morgan fingerprint density at radius 1 is 0.949 bits per heavy atom. The zero-order valence-corrected chi connectivity index (χ0v) is 26.2. The van der Waals surface area contributed by atoms with Crippen molar-refractivity contribution in [3.63, 3.8) is 0 Å². The second kappa shape index (κ2) is 20.2. The molecule has 1 aromatic carbocycles. The fourth-order valence-corrected chi connectivity index (χ4v) is 7.90. The first-order chi connectivity index (χ1) is 18.7. The monoisotopic (exact) mass is 568 g/mol. The van der Waals surface area contributed by atoms with Crippen molar-refractivity contribution in [1.82, 2.24) is 10.6 Å². The van der Waals surface area contributed by atoms with E-state index in [1.807, 2.05) is 14.0 Å². The van der Waals surface area contributed by atoms with Gasteiger partial charge in [-0.3, -0.25) is 15.1 Å². The van der Waals surface area contributed by atoms with Crippen LogP contribution in [0.1, 0.15) is 66.0 Å². The van der Waals surface area contributed by atoms with Crippen LogP contribution in [0.2, 0.25) is 11.1 Å². The molecule has 1 atom stereocenters. The summed E-state index contributed by atoms with van der Waals surface area (Å²) in [6.07, 6.45) is 2.10. The number of aliphatic imine (C=N–C) groups is 1. The predicted molar refractivity (Wildman–Crippen MR) is 160 cm³/mol. The first-order valence-corrected chi connectivity index (χ1v) is 16.2. The fourth-order valence-electron chi connectivity index (χ4n) is 4.35. The van der Waals surface area contributed by atoms with Crippen LogP contribution in [0.4, 0.5) is 5.69 Å². The molecule has 0 aromatic heterocycles. The van der Waals surface area contributed by atoms with E-state index in [9.17, 15) is 10.1 Å². The highest BCUT2D eigenvalue weighted by Gasteiger charge is 2.44. The number of benzene rings is 1. The van der Waals surface area contributed by atoms with Crippen LogP contribution in [-0.4, -0.2) is 85.5 Å². The van der Waals surface area contributed by atoms with Crippen molar-refractivity contribution in [2.75, 3.05) is 66.3 Å². The van der Waals surface area contributed by atoms with Crippen LogP contribution in [0.25, 0.3) is 0 Å². The first kappa shape index (κ1) is 35.3. The third-order valence-electron chi connectivity index (χ3n) is 6.54. The number of unbranched alkanes of at least 4 members (excludes halogenated alkanes) is 1. The number of nitro groups is 1. The van der Waals surface area contributed by atoms with Gasteiger partial charge in [0, 0.05) is 37.5 Å². The quantitative estimate of drug-likeness (QED) is 0.0620. The minimum Gasteiger partial charge on any atom is -0.391 e. The normalized spacial score (nSPS) is 13.4. The van der Waals surface area contributed by atoms with Gasteiger partial charge in [-0.05, 0) is 37.0 Å². The van der Waals surface area contributed by atoms with Crippen molar-refractivity contribution < 1.29 is 23.2 Å². The second-order valence-corrected chi connectivity index (χ2v) is 14.5. The summed E-state index contributed by atoms with van der Waals surface area (Å²) in [6, 6.07) is 6.52. The molecule has 0 spiro atoms. The number of hydrogen-bond donors (Lipinski definition) is 2. The van der Waals surface area contributed by atoms with E-state index in [0.29, 0.717) is 57.3 Å². The van der Waals surface area contributed by atoms with Gasteiger partial charge < -0.3 is 29.0 Å². The smallest absolute Gasteiger partial charge is 0.343 e. The van der Waals surface area contributed by atoms with Crippen molar-refractivity contribution in [3.05, 3.63) is 39.9 Å². The molecule has 0 amide bonds. The molecule has 1 rings (SSSR count). The minimum atomic E-state index is -2.45. The van der Waals surface area contributed by atoms with Gasteiger partial charge in [0.2, 0.25) is 0 Å². The van der Waals surface area contributed by atoms with E-state index >= 15 is 0 Å². The molecule has 0 bridgehead atoms. The van der Waals surface area contributed by atoms with E-state index in [0.717, 1.165) is 37.2 Å². The standard InChI is InChI=1S/C28H52N4O6Si/c1-8-9-14-30-25(6)28(26-10-12-27(13-11-26)32(33)34)31-16-18-36-20-22-38-39(23(2)3,24(4)5)37-21-19-35-17-15-29-7/h10-13,23-24,28-29,31H,8-9,14-22H2,1-7H3. The molecule has 0 saturated carbocycles. The first-order valence-electron chi connectivity index (χ1n) is 14.3. The molecule has 0 aliphatic heterocycles. The molecule has 0 aliphatic rings. The highest BCUT2D eigenvalue weighted by molar-refractivity contribution is 6.70. The van der Waals surface area contributed by atoms with Gasteiger partial charge in [-0.2, -0.15) is 0 Å². The van der Waals surface area contributed by atoms with Crippen molar-refractivity contribution in [2.45, 2.75) is 71.5 Å². The van der Waals surface area contributed by atoms with Crippen LogP contribution in [0.5, 0.6) is 0 Å². The predicted octanol–water partition coefficient (Wildman–Crippen LogP) is 5.03. The Kier molecular flexibility index (Phi) is 18.3. The summed E-state index contributed by atoms with van der Waals surface area (Å²) >= 11 is 0. The van der Waals surface area contributed by atoms with Gasteiger partial charge in [0.05, 0.1) is 50.6 Å². The Balaban J connectivity index is 2.60. The molecule has 0 radical (unpaired) electrons. The summed E-state index contributed by atoms with van der Waals surface area (Å²) in [6.45, 7) is 18.2. The third-order valence-corrected chi connectivity index (χ3v) is 11.1. The van der Waals surface area contributed by atoms with E-state index in [4.69, 9.17) is 23.3 Å². The Hall–Kier alpha value is -1.73. The number of nitrogens with one attached hydrogen (secondary N) is 2. The lowest BCUT2D eigenvalue weighted by Gasteiger charge is -2.37. The molecule has 1 unspecified atom stereocenters. The minimum absolute atomic E-state index is 0.0779. The van der Waals surface area contributed by atoms with Gasteiger partial charge in [-0.1, -0.05) is 53.2 Å². The molecule has 11 heteroatoms. The van der Waals surface area contributed by atoms with Crippen molar-refractivity contribution in [2.24, 2.45) is 4.99 Å². The number of nitro benzene ring substituents is 1. The van der Waals surface area contributed by atoms with Crippen LogP contribution >= 0.6 is 0 Å². The van der Waals surface area contributed by atoms with Gasteiger partial charge in [-0.15, -0.1) is 0 Å². The van der Waals surface area contributed by atoms with Gasteiger partial charge >= 0.3 is 8.56 Å². The molecular formula is C28H52N4O6Si. The summed E-state index contributed by atoms with van der Waals surface area (Å²) in [7, 11) is -0.543. The summed E-state index contributed by atoms with van der Waals surface area (Å²) < 4.78 is 24.3. The fraction of sp³-hybridized carbons (Fsp3) is 0.750. The van der Waals surface area contributed by atoms with Crippen LogP contribution in [0.3, 0.4) is 0 Å². The van der Waals surface area contributed by atoms with Gasteiger partial charge in [0.25, 0.3) is 5.69 Å². The Morgan fingerprint density at radius 2 is 1.51 bits per heavy atom. The molecule has 224 valence electrons. The highest BCUT2D eigenvalue weighted by Crippen LogP contribution is 2.34. The summed E-state index contributed by atoms with van der Waals surface area (Å²) in [5, 5.41) is 17.6. The summed E-state index contributed by atoms with van der Waals surface area (Å²) in [4.78, 5) is 15.4. The molecule has 0 heterocycles. The largest absolute Gasteiger partial charge is 0.391 e. The molecule has 0 fully saturated rings. The number of likely N-dealkylation sites (N-methyl/N-ethyl adjacent to an activating group) is 1. The Labute approximate surface area is 236 Å². The number of non-ortho nitro benzene ring substituents is 1. The van der Waals surface area contributed by atoms with Crippen LogP contribution in [0, 0.1) is 10.1 Å². The Morgan fingerprint density at radius 3 is 2.00 bits per heavy atom. The third kappa shape index (κ3) is 13.0. The SMILES string of the molecule is CCCCN=C(C)C(NCCOCCO[Si](OCCOCCNC)(C(C)C)C(C)C)c1ccc([N+](=O)[O-])cc1. The number of nitrogens with zero attached hydrogens (tertiary/aromatic N) is 2. The van der Waals surface area contributed by atoms with Crippen molar-refractivity contribution in [1.29, 1.82) is 0 Å². The van der Waals surface area contributed by atoms with Gasteiger partial charge in [0.1, 0.15) is 0 Å². The second-order valence-electron chi connectivity index (χ2n) is 10.2. The molecule has 1 aromatic rings. The van der Waals surface area contributed by atoms with E-state index in [1.54, 1.807) is 12.1 Å². The van der Waals surface area contributed by atoms with E-state index in [1.165, 1.54) is 12.1 Å². The van der Waals surface area contributed by atoms with Crippen LogP contribution in [-0.2, 0) is 18.3 Å². The topological polar surface area (TPSA) is 116 Å². The molecule has 2 N–H and O–H groups in total. The lowest BCUT2D eigenvalue weighted by atomic mass is 10.0. The average molecular weight is 569 g/mol. The maximum absolute atomic E-state index is 11.1. The average Bonchev–Trinajstić information content (AvgIpc) is 2.90. The number of hydrogen-bond acceptors (Lipinski definition) is 9. The van der Waals surface area contributed by atoms with Crippen molar-refractivity contribution >= 4 is 20.0 Å². The zero-order chi connectivity index (χ0) is 29.1. The van der Waals surface area contributed by atoms with Gasteiger partial charge in [0.15, 0.2) is 0 Å². The zero-order valence-electron chi connectivity index (χ0n) is 25.2. The van der Waals surface area contributed by atoms with Crippen molar-refractivity contribution in [3.8, 4) is 0 Å². The molecular weight excluding hydrogens is 516 g/mol. The molecule has 10 nitrogen and oxygen atoms in total. The number of rotatable bonds is 23. The number of ether oxygens (including phenoxy) is 2. The van der Waals surface area contributed by atoms with E-state index in [2.05, 4.69) is 45.3 Å². The molecule has 0 aliphatic carbocycles. The lowest BCUT2D eigenvalue weighted by molar-refractivity contribution is -0.384. The van der Waals surface area contributed by atoms with E-state index < -0.39 is 8.56 Å². The maximum Gasteiger partial charge on any atom is 0.343 e. The highest BCUT2D eigenvalue weighted by atomic mass is 28.4. The van der Waals surface area contributed by atoms with Crippen LogP contribution in [0.15, 0.2) is 29.3 Å². The molecule has 39 heavy (non-hydrogen) atoms. The maximum atomic E-state index is 11.1. The van der Waals surface area contributed by atoms with E-state index in [-0.39, 0.29) is 16.7 Å². The van der Waals surface area contributed by atoms with Gasteiger partial charge in [-0.25, -0.2) is 0 Å².